The third kappa shape index (κ3) is 5.24. The van der Waals surface area contributed by atoms with Crippen molar-refractivity contribution in [2.24, 2.45) is 0 Å². The van der Waals surface area contributed by atoms with Gasteiger partial charge in [0.25, 0.3) is 5.91 Å². The van der Waals surface area contributed by atoms with Gasteiger partial charge in [0.15, 0.2) is 16.4 Å². The second-order valence-corrected chi connectivity index (χ2v) is 7.80. The molecule has 2 unspecified atom stereocenters. The number of ether oxygens (including phenoxy) is 1. The van der Waals surface area contributed by atoms with Crippen molar-refractivity contribution in [3.8, 4) is 5.75 Å². The van der Waals surface area contributed by atoms with Crippen molar-refractivity contribution < 1.29 is 27.9 Å². The maximum Gasteiger partial charge on any atom is 0.341 e. The molecule has 1 N–H and O–H groups in total. The zero-order chi connectivity index (χ0) is 17.8. The Kier molecular flexibility index (Phi) is 6.14. The minimum absolute atomic E-state index is 0.260. The van der Waals surface area contributed by atoms with E-state index in [0.717, 1.165) is 6.26 Å². The number of hydrogen-bond acceptors (Lipinski definition) is 5. The average Bonchev–Trinajstić information content (AvgIpc) is 2.49. The van der Waals surface area contributed by atoms with E-state index in [-0.39, 0.29) is 11.7 Å². The van der Waals surface area contributed by atoms with Crippen LogP contribution in [0.5, 0.6) is 5.75 Å². The van der Waals surface area contributed by atoms with Gasteiger partial charge in [-0.2, -0.15) is 0 Å². The van der Waals surface area contributed by atoms with Crippen LogP contribution >= 0.6 is 0 Å². The third-order valence-electron chi connectivity index (χ3n) is 3.73. The second kappa shape index (κ2) is 7.45. The molecule has 0 aliphatic carbocycles. The lowest BCUT2D eigenvalue weighted by atomic mass is 10.1. The molecule has 0 heterocycles. The number of carboxylic acids is 1. The maximum atomic E-state index is 12.5. The predicted octanol–water partition coefficient (Wildman–Crippen LogP) is 1.04. The molecule has 1 amide bonds. The summed E-state index contributed by atoms with van der Waals surface area (Å²) in [7, 11) is -1.75. The first-order chi connectivity index (χ1) is 10.5. The van der Waals surface area contributed by atoms with E-state index in [1.807, 2.05) is 0 Å². The van der Waals surface area contributed by atoms with Gasteiger partial charge in [0.1, 0.15) is 5.75 Å². The molecule has 0 saturated heterocycles. The third-order valence-corrected chi connectivity index (χ3v) is 5.47. The standard InChI is InChI=1S/C15H21NO6S/c1-10(11(2)23(4,20)21)16(3)15(19)12-6-5-7-13(8-12)22-9-14(17)18/h5-8,10-11H,9H2,1-4H3,(H,17,18). The molecule has 0 aromatic heterocycles. The molecule has 0 radical (unpaired) electrons. The Morgan fingerprint density at radius 3 is 2.43 bits per heavy atom. The molecule has 2 atom stereocenters. The molecule has 23 heavy (non-hydrogen) atoms. The van der Waals surface area contributed by atoms with E-state index < -0.39 is 33.7 Å². The quantitative estimate of drug-likeness (QED) is 0.794. The number of carboxylic acid groups (broad SMARTS) is 1. The Labute approximate surface area is 135 Å². The average molecular weight is 343 g/mol. The summed E-state index contributed by atoms with van der Waals surface area (Å²) in [5, 5.41) is 7.89. The van der Waals surface area contributed by atoms with Crippen LogP contribution in [-0.2, 0) is 14.6 Å². The minimum Gasteiger partial charge on any atom is -0.482 e. The van der Waals surface area contributed by atoms with Crippen LogP contribution in [0.25, 0.3) is 0 Å². The number of rotatable bonds is 7. The van der Waals surface area contributed by atoms with Crippen LogP contribution in [0, 0.1) is 0 Å². The van der Waals surface area contributed by atoms with Crippen LogP contribution in [0.1, 0.15) is 24.2 Å². The lowest BCUT2D eigenvalue weighted by molar-refractivity contribution is -0.139. The van der Waals surface area contributed by atoms with Gasteiger partial charge < -0.3 is 14.7 Å². The van der Waals surface area contributed by atoms with E-state index in [4.69, 9.17) is 9.84 Å². The van der Waals surface area contributed by atoms with Crippen LogP contribution in [0.2, 0.25) is 0 Å². The summed E-state index contributed by atoms with van der Waals surface area (Å²) in [5.74, 6) is -1.22. The zero-order valence-corrected chi connectivity index (χ0v) is 14.3. The number of amides is 1. The monoisotopic (exact) mass is 343 g/mol. The molecule has 0 fully saturated rings. The van der Waals surface area contributed by atoms with Gasteiger partial charge in [-0.3, -0.25) is 4.79 Å². The van der Waals surface area contributed by atoms with Crippen LogP contribution in [-0.4, -0.2) is 61.5 Å². The van der Waals surface area contributed by atoms with Crippen LogP contribution < -0.4 is 4.74 Å². The minimum atomic E-state index is -3.27. The van der Waals surface area contributed by atoms with E-state index in [2.05, 4.69) is 0 Å². The highest BCUT2D eigenvalue weighted by atomic mass is 32.2. The normalized spacial score (nSPS) is 13.9. The predicted molar refractivity (Wildman–Crippen MR) is 85.4 cm³/mol. The van der Waals surface area contributed by atoms with E-state index in [1.54, 1.807) is 32.0 Å². The molecule has 0 aliphatic rings. The highest BCUT2D eigenvalue weighted by molar-refractivity contribution is 7.91. The van der Waals surface area contributed by atoms with E-state index >= 15 is 0 Å². The summed E-state index contributed by atoms with van der Waals surface area (Å²) in [6.45, 7) is 2.71. The summed E-state index contributed by atoms with van der Waals surface area (Å²) in [5.41, 5.74) is 0.294. The number of carbonyl (C=O) groups excluding carboxylic acids is 1. The van der Waals surface area contributed by atoms with E-state index in [0.29, 0.717) is 5.56 Å². The Bertz CT molecular complexity index is 685. The van der Waals surface area contributed by atoms with E-state index in [9.17, 15) is 18.0 Å². The Morgan fingerprint density at radius 1 is 1.30 bits per heavy atom. The van der Waals surface area contributed by atoms with Crippen LogP contribution in [0.15, 0.2) is 24.3 Å². The Morgan fingerprint density at radius 2 is 1.91 bits per heavy atom. The first-order valence-corrected chi connectivity index (χ1v) is 8.90. The largest absolute Gasteiger partial charge is 0.482 e. The number of aliphatic carboxylic acids is 1. The highest BCUT2D eigenvalue weighted by Gasteiger charge is 2.28. The van der Waals surface area contributed by atoms with Gasteiger partial charge in [0.2, 0.25) is 0 Å². The Hall–Kier alpha value is -2.09. The van der Waals surface area contributed by atoms with Crippen LogP contribution in [0.4, 0.5) is 0 Å². The fourth-order valence-corrected chi connectivity index (χ4v) is 2.82. The first kappa shape index (κ1) is 19.0. The Balaban J connectivity index is 2.92. The summed E-state index contributed by atoms with van der Waals surface area (Å²) < 4.78 is 28.3. The number of nitrogens with zero attached hydrogens (tertiary/aromatic N) is 1. The molecule has 0 spiro atoms. The van der Waals surface area contributed by atoms with Crippen molar-refractivity contribution in [2.75, 3.05) is 19.9 Å². The van der Waals surface area contributed by atoms with Crippen molar-refractivity contribution in [1.29, 1.82) is 0 Å². The second-order valence-electron chi connectivity index (χ2n) is 5.40. The molecule has 1 aromatic rings. The van der Waals surface area contributed by atoms with Gasteiger partial charge in [-0.15, -0.1) is 0 Å². The molecule has 1 rings (SSSR count). The fourth-order valence-electron chi connectivity index (χ4n) is 1.93. The molecule has 0 bridgehead atoms. The van der Waals surface area contributed by atoms with E-state index in [1.165, 1.54) is 18.0 Å². The SMILES string of the molecule is CC(C(C)S(C)(=O)=O)N(C)C(=O)c1cccc(OCC(=O)O)c1. The molecular weight excluding hydrogens is 322 g/mol. The van der Waals surface area contributed by atoms with Crippen molar-refractivity contribution in [2.45, 2.75) is 25.1 Å². The number of sulfone groups is 1. The number of hydrogen-bond donors (Lipinski definition) is 1. The smallest absolute Gasteiger partial charge is 0.341 e. The topological polar surface area (TPSA) is 101 Å². The van der Waals surface area contributed by atoms with Crippen molar-refractivity contribution in [3.63, 3.8) is 0 Å². The van der Waals surface area contributed by atoms with Gasteiger partial charge in [-0.05, 0) is 32.0 Å². The van der Waals surface area contributed by atoms with Gasteiger partial charge in [-0.25, -0.2) is 13.2 Å². The first-order valence-electron chi connectivity index (χ1n) is 6.94. The maximum absolute atomic E-state index is 12.5. The van der Waals surface area contributed by atoms with Gasteiger partial charge in [0.05, 0.1) is 5.25 Å². The van der Waals surface area contributed by atoms with Gasteiger partial charge in [-0.1, -0.05) is 6.07 Å². The van der Waals surface area contributed by atoms with Crippen LogP contribution in [0.3, 0.4) is 0 Å². The molecule has 0 aliphatic heterocycles. The summed E-state index contributed by atoms with van der Waals surface area (Å²) in [4.78, 5) is 24.3. The number of carbonyl (C=O) groups is 2. The zero-order valence-electron chi connectivity index (χ0n) is 13.5. The molecule has 128 valence electrons. The molecule has 7 nitrogen and oxygen atoms in total. The lowest BCUT2D eigenvalue weighted by Gasteiger charge is -2.29. The molecule has 8 heteroatoms. The number of benzene rings is 1. The van der Waals surface area contributed by atoms with Crippen molar-refractivity contribution in [3.05, 3.63) is 29.8 Å². The van der Waals surface area contributed by atoms with Gasteiger partial charge >= 0.3 is 5.97 Å². The van der Waals surface area contributed by atoms with Crippen molar-refractivity contribution in [1.82, 2.24) is 4.90 Å². The molecule has 1 aromatic carbocycles. The summed E-state index contributed by atoms with van der Waals surface area (Å²) >= 11 is 0. The lowest BCUT2D eigenvalue weighted by Crippen LogP contribution is -2.44. The highest BCUT2D eigenvalue weighted by Crippen LogP contribution is 2.17. The molecular formula is C15H21NO6S. The summed E-state index contributed by atoms with van der Waals surface area (Å²) in [6.07, 6.45) is 1.13. The van der Waals surface area contributed by atoms with Gasteiger partial charge in [0, 0.05) is 24.9 Å². The molecule has 0 saturated carbocycles. The summed E-state index contributed by atoms with van der Waals surface area (Å²) in [6, 6.07) is 5.59. The van der Waals surface area contributed by atoms with Crippen molar-refractivity contribution >= 4 is 21.7 Å². The fraction of sp³-hybridized carbons (Fsp3) is 0.467.